The highest BCUT2D eigenvalue weighted by atomic mass is 16.4. The minimum atomic E-state index is -0.962. The first-order valence-corrected chi connectivity index (χ1v) is 5.94. The Morgan fingerprint density at radius 1 is 1.47 bits per heavy atom. The highest BCUT2D eigenvalue weighted by Crippen LogP contribution is 2.38. The minimum absolute atomic E-state index is 0.639. The number of carboxylic acids is 1. The Hall–Kier alpha value is -0.570. The monoisotopic (exact) mass is 214 g/mol. The molecule has 0 saturated heterocycles. The van der Waals surface area contributed by atoms with E-state index < -0.39 is 17.5 Å². The molecule has 0 heterocycles. The standard InChI is InChI=1S/C12H22O3/c1-3-4-10-5-7-12(15,8-6-10)9(2)11(13)14/h9-10,15H,3-8H2,1-2H3,(H,13,14). The van der Waals surface area contributed by atoms with Crippen LogP contribution in [0.15, 0.2) is 0 Å². The summed E-state index contributed by atoms with van der Waals surface area (Å²) in [4.78, 5) is 10.9. The van der Waals surface area contributed by atoms with Crippen LogP contribution in [-0.2, 0) is 4.79 Å². The normalized spacial score (nSPS) is 33.7. The maximum atomic E-state index is 10.9. The van der Waals surface area contributed by atoms with Gasteiger partial charge >= 0.3 is 5.97 Å². The molecule has 1 unspecified atom stereocenters. The molecule has 0 bridgehead atoms. The second kappa shape index (κ2) is 4.97. The molecule has 1 fully saturated rings. The highest BCUT2D eigenvalue weighted by molar-refractivity contribution is 5.71. The van der Waals surface area contributed by atoms with Gasteiger partial charge in [0, 0.05) is 0 Å². The fourth-order valence-electron chi connectivity index (χ4n) is 2.54. The Morgan fingerprint density at radius 2 is 2.00 bits per heavy atom. The van der Waals surface area contributed by atoms with Crippen LogP contribution in [0.2, 0.25) is 0 Å². The summed E-state index contributed by atoms with van der Waals surface area (Å²) in [6, 6.07) is 0. The topological polar surface area (TPSA) is 57.5 Å². The van der Waals surface area contributed by atoms with Crippen LogP contribution >= 0.6 is 0 Å². The van der Waals surface area contributed by atoms with Crippen molar-refractivity contribution in [3.8, 4) is 0 Å². The second-order valence-corrected chi connectivity index (χ2v) is 4.90. The number of rotatable bonds is 4. The van der Waals surface area contributed by atoms with Crippen LogP contribution in [0, 0.1) is 11.8 Å². The molecule has 2 N–H and O–H groups in total. The predicted molar refractivity (Wildman–Crippen MR) is 58.6 cm³/mol. The Labute approximate surface area is 91.5 Å². The van der Waals surface area contributed by atoms with Crippen molar-refractivity contribution in [2.75, 3.05) is 0 Å². The van der Waals surface area contributed by atoms with Gasteiger partial charge in [-0.3, -0.25) is 4.79 Å². The average molecular weight is 214 g/mol. The molecule has 3 heteroatoms. The van der Waals surface area contributed by atoms with Gasteiger partial charge in [-0.15, -0.1) is 0 Å². The summed E-state index contributed by atoms with van der Waals surface area (Å²) in [6.07, 6.45) is 5.62. The number of hydrogen-bond acceptors (Lipinski definition) is 2. The van der Waals surface area contributed by atoms with Crippen molar-refractivity contribution in [3.63, 3.8) is 0 Å². The van der Waals surface area contributed by atoms with E-state index in [1.165, 1.54) is 12.8 Å². The first-order chi connectivity index (χ1) is 6.99. The zero-order valence-electron chi connectivity index (χ0n) is 9.70. The van der Waals surface area contributed by atoms with Gasteiger partial charge in [-0.2, -0.15) is 0 Å². The van der Waals surface area contributed by atoms with E-state index in [2.05, 4.69) is 6.92 Å². The zero-order chi connectivity index (χ0) is 11.5. The summed E-state index contributed by atoms with van der Waals surface area (Å²) in [5.74, 6) is -0.831. The lowest BCUT2D eigenvalue weighted by Crippen LogP contribution is -2.43. The van der Waals surface area contributed by atoms with Crippen LogP contribution < -0.4 is 0 Å². The van der Waals surface area contributed by atoms with Gasteiger partial charge in [0.05, 0.1) is 11.5 Å². The van der Waals surface area contributed by atoms with Gasteiger partial charge in [0.1, 0.15) is 0 Å². The summed E-state index contributed by atoms with van der Waals surface area (Å²) in [6.45, 7) is 3.78. The van der Waals surface area contributed by atoms with E-state index in [1.807, 2.05) is 0 Å². The summed E-state index contributed by atoms with van der Waals surface area (Å²) >= 11 is 0. The third kappa shape index (κ3) is 2.94. The lowest BCUT2D eigenvalue weighted by molar-refractivity contribution is -0.154. The number of aliphatic carboxylic acids is 1. The van der Waals surface area contributed by atoms with Gasteiger partial charge in [0.25, 0.3) is 0 Å². The Kier molecular flexibility index (Phi) is 4.14. The molecule has 1 aliphatic carbocycles. The Bertz CT molecular complexity index is 217. The molecular weight excluding hydrogens is 192 g/mol. The first-order valence-electron chi connectivity index (χ1n) is 5.94. The third-order valence-electron chi connectivity index (χ3n) is 3.84. The van der Waals surface area contributed by atoms with E-state index in [4.69, 9.17) is 5.11 Å². The van der Waals surface area contributed by atoms with Gasteiger partial charge in [0.15, 0.2) is 0 Å². The van der Waals surface area contributed by atoms with E-state index in [9.17, 15) is 9.90 Å². The molecule has 0 aromatic carbocycles. The number of hydrogen-bond donors (Lipinski definition) is 2. The van der Waals surface area contributed by atoms with Crippen molar-refractivity contribution < 1.29 is 15.0 Å². The smallest absolute Gasteiger partial charge is 0.309 e. The SMILES string of the molecule is CCCC1CCC(O)(C(C)C(=O)O)CC1. The second-order valence-electron chi connectivity index (χ2n) is 4.90. The molecule has 1 rings (SSSR count). The van der Waals surface area contributed by atoms with Crippen LogP contribution in [0.5, 0.6) is 0 Å². The largest absolute Gasteiger partial charge is 0.481 e. The summed E-state index contributed by atoms with van der Waals surface area (Å²) in [5, 5.41) is 19.1. The maximum absolute atomic E-state index is 10.9. The quantitative estimate of drug-likeness (QED) is 0.755. The molecular formula is C12H22O3. The van der Waals surface area contributed by atoms with Crippen LogP contribution in [0.25, 0.3) is 0 Å². The highest BCUT2D eigenvalue weighted by Gasteiger charge is 2.41. The van der Waals surface area contributed by atoms with Crippen LogP contribution in [0.3, 0.4) is 0 Å². The van der Waals surface area contributed by atoms with E-state index in [0.29, 0.717) is 18.8 Å². The van der Waals surface area contributed by atoms with Gasteiger partial charge in [-0.1, -0.05) is 19.8 Å². The van der Waals surface area contributed by atoms with E-state index >= 15 is 0 Å². The van der Waals surface area contributed by atoms with Crippen molar-refractivity contribution in [2.45, 2.75) is 58.0 Å². The molecule has 0 aromatic heterocycles. The molecule has 0 spiro atoms. The fourth-order valence-corrected chi connectivity index (χ4v) is 2.54. The minimum Gasteiger partial charge on any atom is -0.481 e. The molecule has 0 radical (unpaired) electrons. The number of carboxylic acid groups (broad SMARTS) is 1. The van der Waals surface area contributed by atoms with Crippen molar-refractivity contribution in [1.82, 2.24) is 0 Å². The lowest BCUT2D eigenvalue weighted by Gasteiger charge is -2.38. The van der Waals surface area contributed by atoms with Crippen LogP contribution in [0.1, 0.15) is 52.4 Å². The lowest BCUT2D eigenvalue weighted by atomic mass is 9.72. The first kappa shape index (κ1) is 12.5. The number of aliphatic hydroxyl groups is 1. The van der Waals surface area contributed by atoms with Crippen molar-refractivity contribution >= 4 is 5.97 Å². The van der Waals surface area contributed by atoms with E-state index in [0.717, 1.165) is 12.8 Å². The van der Waals surface area contributed by atoms with E-state index in [1.54, 1.807) is 6.92 Å². The molecule has 0 aliphatic heterocycles. The van der Waals surface area contributed by atoms with E-state index in [-0.39, 0.29) is 0 Å². The summed E-state index contributed by atoms with van der Waals surface area (Å²) in [5.41, 5.74) is -0.962. The molecule has 1 saturated carbocycles. The molecule has 3 nitrogen and oxygen atoms in total. The van der Waals surface area contributed by atoms with Crippen molar-refractivity contribution in [1.29, 1.82) is 0 Å². The Balaban J connectivity index is 2.50. The molecule has 15 heavy (non-hydrogen) atoms. The molecule has 0 amide bonds. The molecule has 0 aromatic rings. The fraction of sp³-hybridized carbons (Fsp3) is 0.917. The van der Waals surface area contributed by atoms with Gasteiger partial charge in [-0.05, 0) is 38.5 Å². The molecule has 1 aliphatic rings. The molecule has 1 atom stereocenters. The van der Waals surface area contributed by atoms with Crippen molar-refractivity contribution in [2.24, 2.45) is 11.8 Å². The van der Waals surface area contributed by atoms with Gasteiger partial charge < -0.3 is 10.2 Å². The zero-order valence-corrected chi connectivity index (χ0v) is 9.70. The number of carbonyl (C=O) groups is 1. The average Bonchev–Trinajstić information content (AvgIpc) is 2.21. The van der Waals surface area contributed by atoms with Gasteiger partial charge in [-0.25, -0.2) is 0 Å². The predicted octanol–water partition coefficient (Wildman–Crippen LogP) is 2.43. The van der Waals surface area contributed by atoms with Crippen molar-refractivity contribution in [3.05, 3.63) is 0 Å². The Morgan fingerprint density at radius 3 is 2.40 bits per heavy atom. The summed E-state index contributed by atoms with van der Waals surface area (Å²) < 4.78 is 0. The third-order valence-corrected chi connectivity index (χ3v) is 3.84. The van der Waals surface area contributed by atoms with Gasteiger partial charge in [0.2, 0.25) is 0 Å². The maximum Gasteiger partial charge on any atom is 0.309 e. The van der Waals surface area contributed by atoms with Crippen LogP contribution in [0.4, 0.5) is 0 Å². The molecule has 88 valence electrons. The summed E-state index contributed by atoms with van der Waals surface area (Å²) in [7, 11) is 0. The van der Waals surface area contributed by atoms with Crippen LogP contribution in [-0.4, -0.2) is 21.8 Å².